The van der Waals surface area contributed by atoms with Gasteiger partial charge in [-0.05, 0) is 43.7 Å². The van der Waals surface area contributed by atoms with Crippen LogP contribution in [0.2, 0.25) is 0 Å². The Kier molecular flexibility index (Phi) is 5.25. The van der Waals surface area contributed by atoms with Crippen LogP contribution in [0.4, 0.5) is 4.79 Å². The molecule has 3 N–H and O–H groups in total. The normalized spacial score (nSPS) is 10.9. The lowest BCUT2D eigenvalue weighted by Gasteiger charge is -2.11. The number of nitrogens with two attached hydrogens (primary N) is 1. The van der Waals surface area contributed by atoms with Gasteiger partial charge in [0.25, 0.3) is 5.91 Å². The van der Waals surface area contributed by atoms with E-state index in [0.29, 0.717) is 5.56 Å². The summed E-state index contributed by atoms with van der Waals surface area (Å²) in [5.41, 5.74) is 8.06. The molecule has 7 nitrogen and oxygen atoms in total. The number of methoxy groups -OCH3 is 1. The van der Waals surface area contributed by atoms with Crippen molar-refractivity contribution in [1.82, 2.24) is 9.88 Å². The van der Waals surface area contributed by atoms with Gasteiger partial charge in [0.05, 0.1) is 7.11 Å². The molecule has 1 aromatic heterocycles. The maximum Gasteiger partial charge on any atom is 0.319 e. The second kappa shape index (κ2) is 7.36. The molecular weight excluding hydrogens is 320 g/mol. The first-order valence-corrected chi connectivity index (χ1v) is 7.43. The van der Waals surface area contributed by atoms with Gasteiger partial charge in [0.15, 0.2) is 0 Å². The molecule has 0 saturated carbocycles. The van der Waals surface area contributed by atoms with Crippen molar-refractivity contribution in [3.05, 3.63) is 52.9 Å². The van der Waals surface area contributed by atoms with Crippen LogP contribution >= 0.6 is 0 Å². The molecule has 0 saturated heterocycles. The van der Waals surface area contributed by atoms with Crippen LogP contribution in [0.1, 0.15) is 17.0 Å². The summed E-state index contributed by atoms with van der Waals surface area (Å²) in [5.74, 6) is -0.109. The second-order valence-electron chi connectivity index (χ2n) is 5.35. The second-order valence-corrected chi connectivity index (χ2v) is 5.35. The van der Waals surface area contributed by atoms with Gasteiger partial charge in [-0.25, -0.2) is 4.79 Å². The molecule has 1 aromatic carbocycles. The van der Waals surface area contributed by atoms with E-state index in [1.54, 1.807) is 13.2 Å². The van der Waals surface area contributed by atoms with Crippen LogP contribution in [0.25, 0.3) is 11.8 Å². The zero-order valence-electron chi connectivity index (χ0n) is 14.2. The number of aromatic nitrogens is 1. The van der Waals surface area contributed by atoms with Gasteiger partial charge in [-0.2, -0.15) is 5.26 Å². The number of aryl methyl sites for hydroxylation is 1. The van der Waals surface area contributed by atoms with Gasteiger partial charge in [0, 0.05) is 23.1 Å². The number of ether oxygens (including phenoxy) is 1. The summed E-state index contributed by atoms with van der Waals surface area (Å²) in [4.78, 5) is 22.6. The zero-order valence-corrected chi connectivity index (χ0v) is 14.2. The van der Waals surface area contributed by atoms with E-state index < -0.39 is 11.9 Å². The maximum absolute atomic E-state index is 11.8. The predicted octanol–water partition coefficient (Wildman–Crippen LogP) is 2.20. The largest absolute Gasteiger partial charge is 0.497 e. The molecule has 1 heterocycles. The van der Waals surface area contributed by atoms with Gasteiger partial charge in [-0.15, -0.1) is 0 Å². The molecular formula is C18H18N4O3. The fourth-order valence-corrected chi connectivity index (χ4v) is 2.56. The Bertz CT molecular complexity index is 904. The highest BCUT2D eigenvalue weighted by Gasteiger charge is 2.15. The molecule has 0 aliphatic carbocycles. The Hall–Kier alpha value is -3.53. The predicted molar refractivity (Wildman–Crippen MR) is 93.1 cm³/mol. The average molecular weight is 338 g/mol. The third-order valence-corrected chi connectivity index (χ3v) is 3.68. The number of nitrogens with zero attached hydrogens (tertiary/aromatic N) is 2. The monoisotopic (exact) mass is 338 g/mol. The number of benzene rings is 1. The standard InChI is InChI=1S/C18H18N4O3/c1-11-7-13(8-14(10-19)17(23)21-18(20)24)12(2)22(11)15-5-4-6-16(9-15)25-3/h4-9H,1-3H3,(H3,20,21,23,24)/b14-8+. The molecule has 128 valence electrons. The van der Waals surface area contributed by atoms with Crippen LogP contribution in [0, 0.1) is 25.2 Å². The Morgan fingerprint density at radius 3 is 2.64 bits per heavy atom. The number of nitriles is 1. The SMILES string of the molecule is COc1cccc(-n2c(C)cc(/C=C(\C#N)C(=O)NC(N)=O)c2C)c1. The summed E-state index contributed by atoms with van der Waals surface area (Å²) >= 11 is 0. The number of carbonyl (C=O) groups is 2. The van der Waals surface area contributed by atoms with Gasteiger partial charge in [-0.3, -0.25) is 10.1 Å². The average Bonchev–Trinajstić information content (AvgIpc) is 2.85. The molecule has 2 aromatic rings. The van der Waals surface area contributed by atoms with Crippen LogP contribution in [-0.2, 0) is 4.79 Å². The maximum atomic E-state index is 11.8. The van der Waals surface area contributed by atoms with Crippen LogP contribution < -0.4 is 15.8 Å². The summed E-state index contributed by atoms with van der Waals surface area (Å²) < 4.78 is 7.23. The lowest BCUT2D eigenvalue weighted by atomic mass is 10.1. The number of nitrogens with one attached hydrogen (secondary N) is 1. The Balaban J connectivity index is 2.48. The van der Waals surface area contributed by atoms with E-state index in [-0.39, 0.29) is 5.57 Å². The van der Waals surface area contributed by atoms with Crippen LogP contribution in [0.3, 0.4) is 0 Å². The number of imide groups is 1. The first-order valence-electron chi connectivity index (χ1n) is 7.43. The van der Waals surface area contributed by atoms with E-state index >= 15 is 0 Å². The summed E-state index contributed by atoms with van der Waals surface area (Å²) in [6.07, 6.45) is 1.43. The van der Waals surface area contributed by atoms with E-state index in [1.807, 2.05) is 54.1 Å². The Morgan fingerprint density at radius 2 is 2.04 bits per heavy atom. The quantitative estimate of drug-likeness (QED) is 0.657. The lowest BCUT2D eigenvalue weighted by Crippen LogP contribution is -2.35. The van der Waals surface area contributed by atoms with Crippen molar-refractivity contribution in [2.75, 3.05) is 7.11 Å². The minimum Gasteiger partial charge on any atom is -0.497 e. The number of carbonyl (C=O) groups excluding carboxylic acids is 2. The van der Waals surface area contributed by atoms with Crippen molar-refractivity contribution in [2.24, 2.45) is 5.73 Å². The van der Waals surface area contributed by atoms with E-state index in [4.69, 9.17) is 15.7 Å². The molecule has 3 amide bonds. The molecule has 25 heavy (non-hydrogen) atoms. The molecule has 0 spiro atoms. The number of hydrogen-bond acceptors (Lipinski definition) is 4. The molecule has 0 bridgehead atoms. The number of primary amides is 1. The highest BCUT2D eigenvalue weighted by Crippen LogP contribution is 2.25. The lowest BCUT2D eigenvalue weighted by molar-refractivity contribution is -0.115. The molecule has 0 unspecified atom stereocenters. The fourth-order valence-electron chi connectivity index (χ4n) is 2.56. The van der Waals surface area contributed by atoms with Crippen molar-refractivity contribution in [2.45, 2.75) is 13.8 Å². The molecule has 0 fully saturated rings. The topological polar surface area (TPSA) is 110 Å². The minimum atomic E-state index is -1.01. The van der Waals surface area contributed by atoms with E-state index in [9.17, 15) is 9.59 Å². The molecule has 2 rings (SSSR count). The van der Waals surface area contributed by atoms with E-state index in [0.717, 1.165) is 22.8 Å². The highest BCUT2D eigenvalue weighted by molar-refractivity contribution is 6.08. The number of urea groups is 1. The number of hydrogen-bond donors (Lipinski definition) is 2. The number of amides is 3. The third kappa shape index (κ3) is 3.87. The van der Waals surface area contributed by atoms with Crippen molar-refractivity contribution in [3.8, 4) is 17.5 Å². The first kappa shape index (κ1) is 17.8. The summed E-state index contributed by atoms with van der Waals surface area (Å²) in [5, 5.41) is 11.1. The molecule has 0 aliphatic heterocycles. The van der Waals surface area contributed by atoms with Gasteiger partial charge in [0.2, 0.25) is 0 Å². The molecule has 0 aliphatic rings. The number of rotatable bonds is 4. The first-order chi connectivity index (χ1) is 11.9. The zero-order chi connectivity index (χ0) is 18.6. The fraction of sp³-hybridized carbons (Fsp3) is 0.167. The van der Waals surface area contributed by atoms with Crippen molar-refractivity contribution in [3.63, 3.8) is 0 Å². The van der Waals surface area contributed by atoms with Gasteiger partial charge >= 0.3 is 6.03 Å². The molecule has 0 atom stereocenters. The van der Waals surface area contributed by atoms with Crippen LogP contribution in [-0.4, -0.2) is 23.6 Å². The van der Waals surface area contributed by atoms with Crippen molar-refractivity contribution in [1.29, 1.82) is 5.26 Å². The summed E-state index contributed by atoms with van der Waals surface area (Å²) in [6, 6.07) is 10.2. The van der Waals surface area contributed by atoms with Gasteiger partial charge in [-0.1, -0.05) is 6.07 Å². The Labute approximate surface area is 145 Å². The molecule has 0 radical (unpaired) electrons. The highest BCUT2D eigenvalue weighted by atomic mass is 16.5. The summed E-state index contributed by atoms with van der Waals surface area (Å²) in [7, 11) is 1.60. The Morgan fingerprint density at radius 1 is 1.32 bits per heavy atom. The van der Waals surface area contributed by atoms with E-state index in [1.165, 1.54) is 6.08 Å². The van der Waals surface area contributed by atoms with Crippen LogP contribution in [0.5, 0.6) is 5.75 Å². The van der Waals surface area contributed by atoms with Crippen molar-refractivity contribution >= 4 is 18.0 Å². The smallest absolute Gasteiger partial charge is 0.319 e. The third-order valence-electron chi connectivity index (χ3n) is 3.68. The van der Waals surface area contributed by atoms with Gasteiger partial charge < -0.3 is 15.0 Å². The van der Waals surface area contributed by atoms with Crippen molar-refractivity contribution < 1.29 is 14.3 Å². The molecule has 7 heteroatoms. The van der Waals surface area contributed by atoms with Crippen LogP contribution in [0.15, 0.2) is 35.9 Å². The summed E-state index contributed by atoms with van der Waals surface area (Å²) in [6.45, 7) is 3.79. The van der Waals surface area contributed by atoms with Gasteiger partial charge in [0.1, 0.15) is 17.4 Å². The van der Waals surface area contributed by atoms with E-state index in [2.05, 4.69) is 0 Å². The minimum absolute atomic E-state index is 0.204.